The number of rotatable bonds is 8. The van der Waals surface area contributed by atoms with Crippen molar-refractivity contribution in [3.8, 4) is 0 Å². The molecule has 0 aliphatic heterocycles. The van der Waals surface area contributed by atoms with Crippen molar-refractivity contribution in [1.29, 1.82) is 0 Å². The third-order valence-electron chi connectivity index (χ3n) is 3.91. The minimum absolute atomic E-state index is 0.152. The van der Waals surface area contributed by atoms with Crippen LogP contribution < -0.4 is 10.0 Å². The van der Waals surface area contributed by atoms with Crippen molar-refractivity contribution < 1.29 is 8.42 Å². The fourth-order valence-corrected chi connectivity index (χ4v) is 5.20. The lowest BCUT2D eigenvalue weighted by Crippen LogP contribution is -2.31. The van der Waals surface area contributed by atoms with Gasteiger partial charge in [-0.05, 0) is 38.0 Å². The van der Waals surface area contributed by atoms with Crippen molar-refractivity contribution in [1.82, 2.24) is 10.0 Å². The lowest BCUT2D eigenvalue weighted by atomic mass is 10.4. The van der Waals surface area contributed by atoms with Gasteiger partial charge in [0.15, 0.2) is 0 Å². The summed E-state index contributed by atoms with van der Waals surface area (Å²) in [5.74, 6) is 0. The Kier molecular flexibility index (Phi) is 4.16. The van der Waals surface area contributed by atoms with Gasteiger partial charge in [0.25, 0.3) is 0 Å². The van der Waals surface area contributed by atoms with E-state index < -0.39 is 10.0 Å². The molecule has 3 rings (SSSR count). The van der Waals surface area contributed by atoms with E-state index >= 15 is 0 Å². The fraction of sp³-hybridized carbons (Fsp3) is 0.692. The summed E-state index contributed by atoms with van der Waals surface area (Å²) in [6, 6.07) is 2.44. The molecule has 1 aromatic heterocycles. The first-order valence-corrected chi connectivity index (χ1v) is 10.5. The molecule has 2 N–H and O–H groups in total. The smallest absolute Gasteiger partial charge is 0.241 e. The van der Waals surface area contributed by atoms with Crippen molar-refractivity contribution in [2.24, 2.45) is 0 Å². The first-order chi connectivity index (χ1) is 9.53. The zero-order chi connectivity index (χ0) is 14.2. The SMILES string of the molecule is CSC1(CNS(=O)(=O)c2csc(CNC3CC3)c2)CC1. The number of hydrogen-bond donors (Lipinski definition) is 2. The molecule has 0 saturated heterocycles. The maximum absolute atomic E-state index is 12.3. The number of hydrogen-bond acceptors (Lipinski definition) is 5. The standard InChI is InChI=1S/C13H20N2O2S3/c1-18-13(4-5-13)9-15-20(16,17)12-6-11(19-8-12)7-14-10-2-3-10/h6,8,10,14-15H,2-5,7,9H2,1H3. The van der Waals surface area contributed by atoms with E-state index in [1.807, 2.05) is 6.26 Å². The summed E-state index contributed by atoms with van der Waals surface area (Å²) in [5.41, 5.74) is 0. The van der Waals surface area contributed by atoms with Crippen LogP contribution in [0.5, 0.6) is 0 Å². The minimum Gasteiger partial charge on any atom is -0.309 e. The molecule has 4 nitrogen and oxygen atoms in total. The van der Waals surface area contributed by atoms with Gasteiger partial charge in [-0.25, -0.2) is 13.1 Å². The average molecular weight is 333 g/mol. The highest BCUT2D eigenvalue weighted by Crippen LogP contribution is 2.46. The molecule has 0 radical (unpaired) electrons. The first kappa shape index (κ1) is 14.8. The van der Waals surface area contributed by atoms with E-state index in [1.54, 1.807) is 23.2 Å². The molecule has 0 aromatic carbocycles. The van der Waals surface area contributed by atoms with Gasteiger partial charge in [-0.1, -0.05) is 0 Å². The number of thiophene rings is 1. The maximum atomic E-state index is 12.3. The van der Waals surface area contributed by atoms with E-state index in [4.69, 9.17) is 0 Å². The molecule has 2 aliphatic rings. The van der Waals surface area contributed by atoms with Crippen molar-refractivity contribution in [3.05, 3.63) is 16.3 Å². The van der Waals surface area contributed by atoms with Crippen LogP contribution in [0.1, 0.15) is 30.6 Å². The zero-order valence-corrected chi connectivity index (χ0v) is 14.0. The van der Waals surface area contributed by atoms with E-state index in [1.165, 1.54) is 24.2 Å². The summed E-state index contributed by atoms with van der Waals surface area (Å²) in [5, 5.41) is 5.15. The van der Waals surface area contributed by atoms with Gasteiger partial charge in [0.1, 0.15) is 0 Å². The van der Waals surface area contributed by atoms with E-state index in [-0.39, 0.29) is 4.75 Å². The summed E-state index contributed by atoms with van der Waals surface area (Å²) in [4.78, 5) is 1.50. The van der Waals surface area contributed by atoms with Crippen LogP contribution >= 0.6 is 23.1 Å². The van der Waals surface area contributed by atoms with Crippen LogP contribution in [0.15, 0.2) is 16.3 Å². The molecule has 2 aliphatic carbocycles. The molecule has 2 saturated carbocycles. The Hall–Kier alpha value is -0.0800. The first-order valence-electron chi connectivity index (χ1n) is 6.89. The second-order valence-corrected chi connectivity index (χ2v) is 9.65. The molecule has 1 aromatic rings. The van der Waals surface area contributed by atoms with Gasteiger partial charge < -0.3 is 5.32 Å². The highest BCUT2D eigenvalue weighted by atomic mass is 32.2. The van der Waals surface area contributed by atoms with E-state index in [0.717, 1.165) is 24.3 Å². The summed E-state index contributed by atoms with van der Waals surface area (Å²) < 4.78 is 27.4. The summed E-state index contributed by atoms with van der Waals surface area (Å²) >= 11 is 3.28. The Morgan fingerprint density at radius 1 is 1.45 bits per heavy atom. The van der Waals surface area contributed by atoms with Crippen molar-refractivity contribution in [2.75, 3.05) is 12.8 Å². The minimum atomic E-state index is -3.35. The van der Waals surface area contributed by atoms with Crippen molar-refractivity contribution in [2.45, 2.75) is 47.9 Å². The highest BCUT2D eigenvalue weighted by molar-refractivity contribution is 8.00. The molecule has 0 unspecified atom stereocenters. The quantitative estimate of drug-likeness (QED) is 0.766. The number of thioether (sulfide) groups is 1. The molecule has 7 heteroatoms. The highest BCUT2D eigenvalue weighted by Gasteiger charge is 2.42. The van der Waals surface area contributed by atoms with Crippen molar-refractivity contribution in [3.63, 3.8) is 0 Å². The molecular formula is C13H20N2O2S3. The molecule has 0 bridgehead atoms. The van der Waals surface area contributed by atoms with Gasteiger partial charge in [0.2, 0.25) is 10.0 Å². The second-order valence-electron chi connectivity index (χ2n) is 5.62. The largest absolute Gasteiger partial charge is 0.309 e. The normalized spacial score (nSPS) is 21.1. The number of nitrogens with one attached hydrogen (secondary N) is 2. The van der Waals surface area contributed by atoms with Crippen molar-refractivity contribution >= 4 is 33.1 Å². The van der Waals surface area contributed by atoms with Gasteiger partial charge in [0.05, 0.1) is 4.90 Å². The molecule has 0 spiro atoms. The molecule has 2 fully saturated rings. The van der Waals surface area contributed by atoms with E-state index in [0.29, 0.717) is 17.5 Å². The lowest BCUT2D eigenvalue weighted by Gasteiger charge is -2.12. The monoisotopic (exact) mass is 332 g/mol. The van der Waals surface area contributed by atoms with Crippen LogP contribution in [-0.2, 0) is 16.6 Å². The Labute approximate surface area is 128 Å². The summed E-state index contributed by atoms with van der Waals surface area (Å²) in [6.07, 6.45) is 6.75. The van der Waals surface area contributed by atoms with Crippen LogP contribution in [0.3, 0.4) is 0 Å². The number of sulfonamides is 1. The molecule has 20 heavy (non-hydrogen) atoms. The van der Waals surface area contributed by atoms with Crippen LogP contribution in [-0.4, -0.2) is 32.0 Å². The van der Waals surface area contributed by atoms with Gasteiger partial charge in [-0.2, -0.15) is 11.8 Å². The Morgan fingerprint density at radius 3 is 2.80 bits per heavy atom. The topological polar surface area (TPSA) is 58.2 Å². The summed E-state index contributed by atoms with van der Waals surface area (Å²) in [7, 11) is -3.35. The van der Waals surface area contributed by atoms with Crippen LogP contribution in [0, 0.1) is 0 Å². The Bertz CT molecular complexity index is 574. The molecule has 112 valence electrons. The van der Waals surface area contributed by atoms with E-state index in [9.17, 15) is 8.42 Å². The zero-order valence-electron chi connectivity index (χ0n) is 11.5. The van der Waals surface area contributed by atoms with Gasteiger partial charge >= 0.3 is 0 Å². The van der Waals surface area contributed by atoms with Gasteiger partial charge in [0, 0.05) is 34.1 Å². The van der Waals surface area contributed by atoms with Crippen LogP contribution in [0.2, 0.25) is 0 Å². The molecule has 0 amide bonds. The third-order valence-corrected chi connectivity index (χ3v) is 7.79. The molecular weight excluding hydrogens is 312 g/mol. The average Bonchev–Trinajstić information content (AvgIpc) is 3.35. The van der Waals surface area contributed by atoms with Gasteiger partial charge in [-0.3, -0.25) is 0 Å². The Morgan fingerprint density at radius 2 is 2.20 bits per heavy atom. The van der Waals surface area contributed by atoms with E-state index in [2.05, 4.69) is 10.0 Å². The fourth-order valence-electron chi connectivity index (χ4n) is 2.03. The summed E-state index contributed by atoms with van der Waals surface area (Å²) in [6.45, 7) is 1.32. The van der Waals surface area contributed by atoms with Gasteiger partial charge in [-0.15, -0.1) is 11.3 Å². The maximum Gasteiger partial charge on any atom is 0.241 e. The third kappa shape index (κ3) is 3.57. The van der Waals surface area contributed by atoms with Crippen LogP contribution in [0.25, 0.3) is 0 Å². The predicted octanol–water partition coefficient (Wildman–Crippen LogP) is 2.17. The Balaban J connectivity index is 1.58. The molecule has 0 atom stereocenters. The van der Waals surface area contributed by atoms with Crippen LogP contribution in [0.4, 0.5) is 0 Å². The molecule has 1 heterocycles. The second kappa shape index (κ2) is 5.61. The lowest BCUT2D eigenvalue weighted by molar-refractivity contribution is 0.580. The predicted molar refractivity (Wildman–Crippen MR) is 84.8 cm³/mol.